The van der Waals surface area contributed by atoms with Gasteiger partial charge >= 0.3 is 6.18 Å². The number of halogens is 4. The number of nitrogens with one attached hydrogen (secondary N) is 1. The van der Waals surface area contributed by atoms with Crippen LogP contribution in [-0.4, -0.2) is 12.1 Å². The summed E-state index contributed by atoms with van der Waals surface area (Å²) in [6.07, 6.45) is -4.35. The van der Waals surface area contributed by atoms with Gasteiger partial charge < -0.3 is 9.72 Å². The van der Waals surface area contributed by atoms with Gasteiger partial charge in [-0.1, -0.05) is 15.9 Å². The summed E-state index contributed by atoms with van der Waals surface area (Å²) in [6, 6.07) is 9.29. The number of benzene rings is 2. The predicted octanol–water partition coefficient (Wildman–Crippen LogP) is 5.93. The molecule has 0 aliphatic rings. The smallest absolute Gasteiger partial charge is 0.416 e. The van der Waals surface area contributed by atoms with Crippen molar-refractivity contribution in [1.29, 1.82) is 0 Å². The standard InChI is InChI=1S/C17H13BrF3NO/c1-9-14-7-11(17(19,20)21)3-4-15(14)22-16(9)10-5-12(18)8-13(6-10)23-2/h3-8,22H,1-2H3. The van der Waals surface area contributed by atoms with Crippen LogP contribution in [0, 0.1) is 6.92 Å². The van der Waals surface area contributed by atoms with Gasteiger partial charge in [0.25, 0.3) is 0 Å². The van der Waals surface area contributed by atoms with Gasteiger partial charge in [0.1, 0.15) is 5.75 Å². The molecule has 0 saturated carbocycles. The third-order valence-electron chi connectivity index (χ3n) is 3.78. The minimum Gasteiger partial charge on any atom is -0.497 e. The van der Waals surface area contributed by atoms with Gasteiger partial charge in [-0.25, -0.2) is 0 Å². The fourth-order valence-electron chi connectivity index (χ4n) is 2.62. The Morgan fingerprint density at radius 3 is 2.48 bits per heavy atom. The lowest BCUT2D eigenvalue weighted by Gasteiger charge is -2.06. The largest absolute Gasteiger partial charge is 0.497 e. The highest BCUT2D eigenvalue weighted by Gasteiger charge is 2.30. The lowest BCUT2D eigenvalue weighted by atomic mass is 10.0. The summed E-state index contributed by atoms with van der Waals surface area (Å²) in [6.45, 7) is 1.81. The van der Waals surface area contributed by atoms with E-state index in [0.29, 0.717) is 16.7 Å². The van der Waals surface area contributed by atoms with Crippen LogP contribution >= 0.6 is 15.9 Å². The third-order valence-corrected chi connectivity index (χ3v) is 4.24. The van der Waals surface area contributed by atoms with Gasteiger partial charge in [0.15, 0.2) is 0 Å². The van der Waals surface area contributed by atoms with E-state index in [2.05, 4.69) is 20.9 Å². The summed E-state index contributed by atoms with van der Waals surface area (Å²) < 4.78 is 44.8. The van der Waals surface area contributed by atoms with Gasteiger partial charge in [-0.3, -0.25) is 0 Å². The molecule has 3 aromatic rings. The molecule has 1 heterocycles. The molecule has 2 nitrogen and oxygen atoms in total. The van der Waals surface area contributed by atoms with E-state index in [1.165, 1.54) is 12.1 Å². The molecule has 6 heteroatoms. The molecule has 0 fully saturated rings. The topological polar surface area (TPSA) is 25.0 Å². The van der Waals surface area contributed by atoms with Gasteiger partial charge in [0.2, 0.25) is 0 Å². The normalized spacial score (nSPS) is 11.9. The second kappa shape index (κ2) is 5.60. The van der Waals surface area contributed by atoms with Crippen LogP contribution in [-0.2, 0) is 6.18 Å². The Bertz CT molecular complexity index is 883. The number of methoxy groups -OCH3 is 1. The van der Waals surface area contributed by atoms with Crippen molar-refractivity contribution < 1.29 is 17.9 Å². The van der Waals surface area contributed by atoms with E-state index in [-0.39, 0.29) is 0 Å². The monoisotopic (exact) mass is 383 g/mol. The highest BCUT2D eigenvalue weighted by atomic mass is 79.9. The second-order valence-corrected chi connectivity index (χ2v) is 6.18. The molecule has 23 heavy (non-hydrogen) atoms. The Labute approximate surface area is 139 Å². The number of fused-ring (bicyclic) bond motifs is 1. The third kappa shape index (κ3) is 2.95. The number of alkyl halides is 3. The molecule has 120 valence electrons. The van der Waals surface area contributed by atoms with Crippen molar-refractivity contribution in [3.63, 3.8) is 0 Å². The Hall–Kier alpha value is -1.95. The van der Waals surface area contributed by atoms with E-state index in [1.807, 2.05) is 25.1 Å². The lowest BCUT2D eigenvalue weighted by Crippen LogP contribution is -2.04. The molecule has 0 aliphatic carbocycles. The summed E-state index contributed by atoms with van der Waals surface area (Å²) in [5, 5.41) is 0.564. The van der Waals surface area contributed by atoms with E-state index < -0.39 is 11.7 Å². The number of hydrogen-bond donors (Lipinski definition) is 1. The zero-order valence-corrected chi connectivity index (χ0v) is 14.0. The van der Waals surface area contributed by atoms with E-state index in [0.717, 1.165) is 27.4 Å². The average Bonchev–Trinajstić information content (AvgIpc) is 2.82. The minimum atomic E-state index is -4.35. The maximum absolute atomic E-state index is 12.9. The summed E-state index contributed by atoms with van der Waals surface area (Å²) >= 11 is 3.41. The van der Waals surface area contributed by atoms with Crippen LogP contribution in [0.3, 0.4) is 0 Å². The number of H-pyrrole nitrogens is 1. The fourth-order valence-corrected chi connectivity index (χ4v) is 3.09. The van der Waals surface area contributed by atoms with Crippen molar-refractivity contribution in [3.05, 3.63) is 52.0 Å². The van der Waals surface area contributed by atoms with Crippen LogP contribution < -0.4 is 4.74 Å². The SMILES string of the molecule is COc1cc(Br)cc(-c2[nH]c3ccc(C(F)(F)F)cc3c2C)c1. The van der Waals surface area contributed by atoms with Gasteiger partial charge in [-0.05, 0) is 48.9 Å². The molecule has 0 saturated heterocycles. The molecule has 0 bridgehead atoms. The van der Waals surface area contributed by atoms with Crippen molar-refractivity contribution >= 4 is 26.8 Å². The molecule has 0 radical (unpaired) electrons. The molecule has 1 N–H and O–H groups in total. The lowest BCUT2D eigenvalue weighted by molar-refractivity contribution is -0.137. The van der Waals surface area contributed by atoms with Crippen LogP contribution in [0.25, 0.3) is 22.2 Å². The van der Waals surface area contributed by atoms with Crippen molar-refractivity contribution in [2.75, 3.05) is 7.11 Å². The quantitative estimate of drug-likeness (QED) is 0.582. The molecule has 0 aliphatic heterocycles. The Morgan fingerprint density at radius 1 is 1.09 bits per heavy atom. The van der Waals surface area contributed by atoms with Crippen LogP contribution in [0.15, 0.2) is 40.9 Å². The van der Waals surface area contributed by atoms with Gasteiger partial charge in [0, 0.05) is 26.6 Å². The second-order valence-electron chi connectivity index (χ2n) is 5.26. The van der Waals surface area contributed by atoms with Crippen LogP contribution in [0.2, 0.25) is 0 Å². The number of hydrogen-bond acceptors (Lipinski definition) is 1. The maximum atomic E-state index is 12.9. The first kappa shape index (κ1) is 15.9. The van der Waals surface area contributed by atoms with Crippen molar-refractivity contribution in [2.24, 2.45) is 0 Å². The van der Waals surface area contributed by atoms with Crippen LogP contribution in [0.1, 0.15) is 11.1 Å². The zero-order valence-electron chi connectivity index (χ0n) is 12.4. The maximum Gasteiger partial charge on any atom is 0.416 e. The fraction of sp³-hybridized carbons (Fsp3) is 0.176. The van der Waals surface area contributed by atoms with Gasteiger partial charge in [-0.15, -0.1) is 0 Å². The summed E-state index contributed by atoms with van der Waals surface area (Å²) in [7, 11) is 1.57. The zero-order chi connectivity index (χ0) is 16.8. The summed E-state index contributed by atoms with van der Waals surface area (Å²) in [5.74, 6) is 0.670. The van der Waals surface area contributed by atoms with Crippen LogP contribution in [0.4, 0.5) is 13.2 Å². The molecular formula is C17H13BrF3NO. The number of aromatic amines is 1. The van der Waals surface area contributed by atoms with Crippen molar-refractivity contribution in [3.8, 4) is 17.0 Å². The first-order valence-electron chi connectivity index (χ1n) is 6.84. The Morgan fingerprint density at radius 2 is 1.83 bits per heavy atom. The highest BCUT2D eigenvalue weighted by molar-refractivity contribution is 9.10. The number of aromatic nitrogens is 1. The van der Waals surface area contributed by atoms with Gasteiger partial charge in [-0.2, -0.15) is 13.2 Å². The molecule has 0 atom stereocenters. The van der Waals surface area contributed by atoms with E-state index >= 15 is 0 Å². The number of rotatable bonds is 2. The molecule has 1 aromatic heterocycles. The summed E-state index contributed by atoms with van der Waals surface area (Å²) in [4.78, 5) is 3.19. The molecule has 2 aromatic carbocycles. The first-order valence-corrected chi connectivity index (χ1v) is 7.63. The first-order chi connectivity index (χ1) is 10.8. The van der Waals surface area contributed by atoms with E-state index in [1.54, 1.807) is 7.11 Å². The van der Waals surface area contributed by atoms with Gasteiger partial charge in [0.05, 0.1) is 12.7 Å². The molecule has 0 amide bonds. The van der Waals surface area contributed by atoms with Crippen molar-refractivity contribution in [2.45, 2.75) is 13.1 Å². The minimum absolute atomic E-state index is 0.564. The molecular weight excluding hydrogens is 371 g/mol. The molecule has 0 spiro atoms. The van der Waals surface area contributed by atoms with E-state index in [9.17, 15) is 13.2 Å². The number of aryl methyl sites for hydroxylation is 1. The molecule has 0 unspecified atom stereocenters. The predicted molar refractivity (Wildman–Crippen MR) is 87.7 cm³/mol. The van der Waals surface area contributed by atoms with E-state index in [4.69, 9.17) is 4.74 Å². The Kier molecular flexibility index (Phi) is 3.88. The molecule has 3 rings (SSSR count). The van der Waals surface area contributed by atoms with Crippen LogP contribution in [0.5, 0.6) is 5.75 Å². The van der Waals surface area contributed by atoms with Crippen molar-refractivity contribution in [1.82, 2.24) is 4.98 Å². The number of ether oxygens (including phenoxy) is 1. The highest BCUT2D eigenvalue weighted by Crippen LogP contribution is 2.36. The average molecular weight is 384 g/mol. The Balaban J connectivity index is 2.20. The summed E-state index contributed by atoms with van der Waals surface area (Å²) in [5.41, 5.74) is 2.42.